The van der Waals surface area contributed by atoms with Crippen molar-refractivity contribution in [3.63, 3.8) is 0 Å². The SMILES string of the molecule is COc1cc(C=C(C#N)c2ccccc2Cl)cc(OC)c1O. The minimum absolute atomic E-state index is 0.0848. The molecule has 0 saturated carbocycles. The molecule has 0 aliphatic carbocycles. The maximum Gasteiger partial charge on any atom is 0.200 e. The first-order valence-electron chi connectivity index (χ1n) is 6.42. The Morgan fingerprint density at radius 1 is 1.18 bits per heavy atom. The van der Waals surface area contributed by atoms with Crippen LogP contribution in [0.4, 0.5) is 0 Å². The third kappa shape index (κ3) is 3.16. The van der Waals surface area contributed by atoms with Crippen molar-refractivity contribution in [2.24, 2.45) is 0 Å². The Morgan fingerprint density at radius 3 is 2.27 bits per heavy atom. The number of methoxy groups -OCH3 is 2. The van der Waals surface area contributed by atoms with E-state index in [1.165, 1.54) is 14.2 Å². The lowest BCUT2D eigenvalue weighted by atomic mass is 10.0. The molecule has 0 aliphatic rings. The summed E-state index contributed by atoms with van der Waals surface area (Å²) in [5.74, 6) is 0.447. The molecule has 0 bridgehead atoms. The van der Waals surface area contributed by atoms with E-state index >= 15 is 0 Å². The van der Waals surface area contributed by atoms with Crippen LogP contribution in [0.5, 0.6) is 17.2 Å². The first-order chi connectivity index (χ1) is 10.6. The molecular weight excluding hydrogens is 302 g/mol. The highest BCUT2D eigenvalue weighted by Gasteiger charge is 2.12. The van der Waals surface area contributed by atoms with Crippen molar-refractivity contribution in [2.45, 2.75) is 0 Å². The summed E-state index contributed by atoms with van der Waals surface area (Å²) in [5.41, 5.74) is 1.70. The molecule has 0 spiro atoms. The van der Waals surface area contributed by atoms with Gasteiger partial charge in [-0.25, -0.2) is 0 Å². The van der Waals surface area contributed by atoms with Crippen LogP contribution in [0.25, 0.3) is 11.6 Å². The molecule has 2 rings (SSSR count). The van der Waals surface area contributed by atoms with Crippen LogP contribution in [0.15, 0.2) is 36.4 Å². The molecule has 0 radical (unpaired) electrons. The van der Waals surface area contributed by atoms with Crippen LogP contribution in [0, 0.1) is 11.3 Å². The molecule has 4 nitrogen and oxygen atoms in total. The summed E-state index contributed by atoms with van der Waals surface area (Å²) < 4.78 is 10.2. The van der Waals surface area contributed by atoms with Crippen molar-refractivity contribution in [3.8, 4) is 23.3 Å². The predicted molar refractivity (Wildman–Crippen MR) is 86.1 cm³/mol. The molecule has 0 atom stereocenters. The molecule has 0 fully saturated rings. The molecule has 112 valence electrons. The number of aromatic hydroxyl groups is 1. The third-order valence-electron chi connectivity index (χ3n) is 3.10. The summed E-state index contributed by atoms with van der Waals surface area (Å²) in [7, 11) is 2.89. The van der Waals surface area contributed by atoms with Gasteiger partial charge in [0.05, 0.1) is 25.9 Å². The maximum atomic E-state index is 9.91. The van der Waals surface area contributed by atoms with Gasteiger partial charge in [-0.15, -0.1) is 0 Å². The monoisotopic (exact) mass is 315 g/mol. The smallest absolute Gasteiger partial charge is 0.200 e. The second kappa shape index (κ2) is 6.88. The van der Waals surface area contributed by atoms with Crippen molar-refractivity contribution in [3.05, 3.63) is 52.5 Å². The number of phenolic OH excluding ortho intramolecular Hbond substituents is 1. The van der Waals surface area contributed by atoms with Crippen LogP contribution in [0.3, 0.4) is 0 Å². The van der Waals surface area contributed by atoms with Crippen molar-refractivity contribution >= 4 is 23.3 Å². The average molecular weight is 316 g/mol. The summed E-state index contributed by atoms with van der Waals surface area (Å²) in [4.78, 5) is 0. The first kappa shape index (κ1) is 15.7. The zero-order valence-corrected chi connectivity index (χ0v) is 12.9. The van der Waals surface area contributed by atoms with Crippen LogP contribution in [0.2, 0.25) is 5.02 Å². The highest BCUT2D eigenvalue weighted by Crippen LogP contribution is 2.38. The Bertz CT molecular complexity index is 738. The van der Waals surface area contributed by atoms with Gasteiger partial charge in [-0.1, -0.05) is 29.8 Å². The third-order valence-corrected chi connectivity index (χ3v) is 3.43. The lowest BCUT2D eigenvalue weighted by Crippen LogP contribution is -1.91. The van der Waals surface area contributed by atoms with E-state index < -0.39 is 0 Å². The van der Waals surface area contributed by atoms with Gasteiger partial charge in [-0.2, -0.15) is 5.26 Å². The second-order valence-electron chi connectivity index (χ2n) is 4.42. The van der Waals surface area contributed by atoms with Gasteiger partial charge in [0.1, 0.15) is 0 Å². The van der Waals surface area contributed by atoms with E-state index in [1.54, 1.807) is 36.4 Å². The number of phenols is 1. The molecule has 5 heteroatoms. The number of nitrogens with zero attached hydrogens (tertiary/aromatic N) is 1. The Labute approximate surface area is 133 Å². The van der Waals surface area contributed by atoms with Gasteiger partial charge in [0.2, 0.25) is 5.75 Å². The first-order valence-corrected chi connectivity index (χ1v) is 6.80. The lowest BCUT2D eigenvalue weighted by molar-refractivity contribution is 0.340. The average Bonchev–Trinajstić information content (AvgIpc) is 2.54. The fraction of sp³-hybridized carbons (Fsp3) is 0.118. The number of ether oxygens (including phenoxy) is 2. The number of allylic oxidation sites excluding steroid dienone is 1. The topological polar surface area (TPSA) is 62.5 Å². The fourth-order valence-electron chi connectivity index (χ4n) is 2.01. The van der Waals surface area contributed by atoms with Gasteiger partial charge in [0, 0.05) is 10.6 Å². The van der Waals surface area contributed by atoms with Crippen LogP contribution >= 0.6 is 11.6 Å². The normalized spacial score (nSPS) is 10.9. The predicted octanol–water partition coefficient (Wildman–Crippen LogP) is 4.13. The van der Waals surface area contributed by atoms with Gasteiger partial charge in [0.15, 0.2) is 11.5 Å². The Morgan fingerprint density at radius 2 is 1.77 bits per heavy atom. The van der Waals surface area contributed by atoms with E-state index in [0.29, 0.717) is 21.7 Å². The van der Waals surface area contributed by atoms with Crippen LogP contribution < -0.4 is 9.47 Å². The highest BCUT2D eigenvalue weighted by molar-refractivity contribution is 6.32. The van der Waals surface area contributed by atoms with Crippen molar-refractivity contribution in [1.82, 2.24) is 0 Å². The molecule has 1 N–H and O–H groups in total. The van der Waals surface area contributed by atoms with E-state index in [4.69, 9.17) is 21.1 Å². The summed E-state index contributed by atoms with van der Waals surface area (Å²) in [6, 6.07) is 12.5. The Kier molecular flexibility index (Phi) is 4.92. The number of benzene rings is 2. The lowest BCUT2D eigenvalue weighted by Gasteiger charge is -2.10. The molecule has 0 aromatic heterocycles. The number of halogens is 1. The van der Waals surface area contributed by atoms with E-state index in [2.05, 4.69) is 6.07 Å². The van der Waals surface area contributed by atoms with E-state index in [-0.39, 0.29) is 17.2 Å². The second-order valence-corrected chi connectivity index (χ2v) is 4.83. The number of nitriles is 1. The van der Waals surface area contributed by atoms with Gasteiger partial charge < -0.3 is 14.6 Å². The number of hydrogen-bond acceptors (Lipinski definition) is 4. The molecule has 0 heterocycles. The molecule has 0 unspecified atom stereocenters. The largest absolute Gasteiger partial charge is 0.502 e. The van der Waals surface area contributed by atoms with Crippen LogP contribution in [-0.2, 0) is 0 Å². The zero-order valence-electron chi connectivity index (χ0n) is 12.1. The molecule has 0 amide bonds. The quantitative estimate of drug-likeness (QED) is 0.680. The fourth-order valence-corrected chi connectivity index (χ4v) is 2.25. The van der Waals surface area contributed by atoms with E-state index in [9.17, 15) is 10.4 Å². The maximum absolute atomic E-state index is 9.91. The molecule has 2 aromatic rings. The minimum atomic E-state index is -0.0848. The summed E-state index contributed by atoms with van der Waals surface area (Å²) in [6.07, 6.45) is 1.66. The Hall–Kier alpha value is -2.64. The highest BCUT2D eigenvalue weighted by atomic mass is 35.5. The number of rotatable bonds is 4. The van der Waals surface area contributed by atoms with Gasteiger partial charge >= 0.3 is 0 Å². The summed E-state index contributed by atoms with van der Waals surface area (Å²) in [5, 5.41) is 19.8. The standard InChI is InChI=1S/C17H14ClNO3/c1-21-15-8-11(9-16(22-2)17(15)20)7-12(10-19)13-5-3-4-6-14(13)18/h3-9,20H,1-2H3. The van der Waals surface area contributed by atoms with Gasteiger partial charge in [0.25, 0.3) is 0 Å². The molecule has 22 heavy (non-hydrogen) atoms. The number of hydrogen-bond donors (Lipinski definition) is 1. The molecule has 0 saturated heterocycles. The van der Waals surface area contributed by atoms with Crippen LogP contribution in [0.1, 0.15) is 11.1 Å². The van der Waals surface area contributed by atoms with Gasteiger partial charge in [-0.3, -0.25) is 0 Å². The van der Waals surface area contributed by atoms with Gasteiger partial charge in [-0.05, 0) is 29.8 Å². The zero-order chi connectivity index (χ0) is 16.1. The van der Waals surface area contributed by atoms with Crippen LogP contribution in [-0.4, -0.2) is 19.3 Å². The molecule has 2 aromatic carbocycles. The van der Waals surface area contributed by atoms with E-state index in [0.717, 1.165) is 0 Å². The van der Waals surface area contributed by atoms with Crippen molar-refractivity contribution in [1.29, 1.82) is 5.26 Å². The van der Waals surface area contributed by atoms with E-state index in [1.807, 2.05) is 6.07 Å². The minimum Gasteiger partial charge on any atom is -0.502 e. The van der Waals surface area contributed by atoms with Crippen molar-refractivity contribution < 1.29 is 14.6 Å². The summed E-state index contributed by atoms with van der Waals surface area (Å²) >= 11 is 6.12. The van der Waals surface area contributed by atoms with Crippen molar-refractivity contribution in [2.75, 3.05) is 14.2 Å². The summed E-state index contributed by atoms with van der Waals surface area (Å²) in [6.45, 7) is 0. The Balaban J connectivity index is 2.56. The molecule has 0 aliphatic heterocycles. The molecular formula is C17H14ClNO3.